The van der Waals surface area contributed by atoms with E-state index in [4.69, 9.17) is 4.74 Å². The molecular weight excluding hydrogens is 226 g/mol. The van der Waals surface area contributed by atoms with E-state index in [-0.39, 0.29) is 10.6 Å². The van der Waals surface area contributed by atoms with E-state index in [0.717, 1.165) is 10.6 Å². The zero-order valence-corrected chi connectivity index (χ0v) is 9.99. The number of hydrogen-bond acceptors (Lipinski definition) is 4. The van der Waals surface area contributed by atoms with Gasteiger partial charge in [-0.15, -0.1) is 0 Å². The number of methoxy groups -OCH3 is 1. The highest BCUT2D eigenvalue weighted by Gasteiger charge is 2.06. The first-order valence-electron chi connectivity index (χ1n) is 4.81. The summed E-state index contributed by atoms with van der Waals surface area (Å²) >= 11 is 1.34. The fraction of sp³-hybridized carbons (Fsp3) is 0.273. The van der Waals surface area contributed by atoms with Crippen LogP contribution in [0.15, 0.2) is 40.3 Å². The Bertz CT molecular complexity index is 387. The van der Waals surface area contributed by atoms with Crippen LogP contribution >= 0.6 is 11.8 Å². The van der Waals surface area contributed by atoms with Gasteiger partial charge >= 0.3 is 0 Å². The molecule has 5 heteroatoms. The average Bonchev–Trinajstić information content (AvgIpc) is 2.30. The van der Waals surface area contributed by atoms with Gasteiger partial charge in [0.15, 0.2) is 0 Å². The van der Waals surface area contributed by atoms with E-state index in [1.54, 1.807) is 19.4 Å². The quantitative estimate of drug-likeness (QED) is 0.449. The van der Waals surface area contributed by atoms with Crippen molar-refractivity contribution in [3.05, 3.63) is 45.5 Å². The maximum atomic E-state index is 10.6. The van der Waals surface area contributed by atoms with Crippen LogP contribution in [0.4, 0.5) is 0 Å². The average molecular weight is 239 g/mol. The van der Waals surface area contributed by atoms with Crippen LogP contribution in [-0.2, 0) is 0 Å². The summed E-state index contributed by atoms with van der Waals surface area (Å²) in [6.07, 6.45) is 0.427. The van der Waals surface area contributed by atoms with Crippen LogP contribution < -0.4 is 4.74 Å². The normalized spacial score (nSPS) is 11.2. The van der Waals surface area contributed by atoms with Gasteiger partial charge in [0.25, 0.3) is 5.70 Å². The van der Waals surface area contributed by atoms with Gasteiger partial charge in [-0.25, -0.2) is 0 Å². The van der Waals surface area contributed by atoms with Crippen molar-refractivity contribution in [1.82, 2.24) is 0 Å². The summed E-state index contributed by atoms with van der Waals surface area (Å²) in [5.41, 5.74) is 0.223. The smallest absolute Gasteiger partial charge is 0.252 e. The summed E-state index contributed by atoms with van der Waals surface area (Å²) in [5, 5.41) is 12.1. The molecular formula is C11H13NO3S. The first-order valence-corrected chi connectivity index (χ1v) is 5.69. The Hall–Kier alpha value is -1.49. The minimum absolute atomic E-state index is 0.223. The van der Waals surface area contributed by atoms with E-state index in [2.05, 4.69) is 0 Å². The molecule has 0 atom stereocenters. The fourth-order valence-corrected chi connectivity index (χ4v) is 1.86. The van der Waals surface area contributed by atoms with Crippen LogP contribution in [0.3, 0.4) is 0 Å². The lowest BCUT2D eigenvalue weighted by Crippen LogP contribution is -1.95. The number of nitro groups is 1. The predicted octanol–water partition coefficient (Wildman–Crippen LogP) is 3.32. The highest BCUT2D eigenvalue weighted by molar-refractivity contribution is 8.02. The topological polar surface area (TPSA) is 52.4 Å². The molecule has 0 N–H and O–H groups in total. The SMILES string of the molecule is CCC(=CSc1ccc(OC)cc1)[N+](=O)[O-]. The minimum atomic E-state index is -0.351. The van der Waals surface area contributed by atoms with Crippen molar-refractivity contribution in [1.29, 1.82) is 0 Å². The highest BCUT2D eigenvalue weighted by Crippen LogP contribution is 2.24. The maximum absolute atomic E-state index is 10.6. The van der Waals surface area contributed by atoms with Crippen molar-refractivity contribution in [3.63, 3.8) is 0 Å². The van der Waals surface area contributed by atoms with Gasteiger partial charge in [-0.1, -0.05) is 18.7 Å². The Balaban J connectivity index is 2.69. The predicted molar refractivity (Wildman–Crippen MR) is 64.2 cm³/mol. The lowest BCUT2D eigenvalue weighted by molar-refractivity contribution is -0.427. The molecule has 0 amide bonds. The Morgan fingerprint density at radius 3 is 2.56 bits per heavy atom. The van der Waals surface area contributed by atoms with Gasteiger partial charge in [0.1, 0.15) is 5.75 Å². The molecule has 0 spiro atoms. The fourth-order valence-electron chi connectivity index (χ4n) is 1.05. The second-order valence-electron chi connectivity index (χ2n) is 3.01. The molecule has 0 aliphatic heterocycles. The van der Waals surface area contributed by atoms with Crippen LogP contribution in [0.1, 0.15) is 13.3 Å². The minimum Gasteiger partial charge on any atom is -0.497 e. The Morgan fingerprint density at radius 2 is 2.12 bits per heavy atom. The van der Waals surface area contributed by atoms with E-state index in [1.165, 1.54) is 11.8 Å². The first kappa shape index (κ1) is 12.6. The van der Waals surface area contributed by atoms with Crippen molar-refractivity contribution in [3.8, 4) is 5.75 Å². The number of ether oxygens (including phenoxy) is 1. The molecule has 0 saturated carbocycles. The Kier molecular flexibility index (Phi) is 4.85. The van der Waals surface area contributed by atoms with Gasteiger partial charge in [-0.05, 0) is 24.3 Å². The molecule has 1 rings (SSSR count). The number of thioether (sulfide) groups is 1. The van der Waals surface area contributed by atoms with Gasteiger partial charge in [0.2, 0.25) is 0 Å². The van der Waals surface area contributed by atoms with Crippen molar-refractivity contribution in [2.75, 3.05) is 7.11 Å². The van der Waals surface area contributed by atoms with Crippen LogP contribution in [-0.4, -0.2) is 12.0 Å². The van der Waals surface area contributed by atoms with Gasteiger partial charge < -0.3 is 4.74 Å². The third-order valence-corrected chi connectivity index (χ3v) is 2.92. The van der Waals surface area contributed by atoms with Gasteiger partial charge in [-0.2, -0.15) is 0 Å². The molecule has 4 nitrogen and oxygen atoms in total. The molecule has 1 aromatic carbocycles. The van der Waals surface area contributed by atoms with Gasteiger partial charge in [0, 0.05) is 16.7 Å². The van der Waals surface area contributed by atoms with E-state index in [1.807, 2.05) is 24.3 Å². The molecule has 0 bridgehead atoms. The lowest BCUT2D eigenvalue weighted by Gasteiger charge is -2.00. The van der Waals surface area contributed by atoms with E-state index in [0.29, 0.717) is 6.42 Å². The van der Waals surface area contributed by atoms with Crippen molar-refractivity contribution < 1.29 is 9.66 Å². The Labute approximate surface area is 98.5 Å². The number of allylic oxidation sites excluding steroid dienone is 1. The van der Waals surface area contributed by atoms with Crippen LogP contribution in [0.5, 0.6) is 5.75 Å². The van der Waals surface area contributed by atoms with Crippen LogP contribution in [0.2, 0.25) is 0 Å². The summed E-state index contributed by atoms with van der Waals surface area (Å²) in [4.78, 5) is 11.2. The van der Waals surface area contributed by atoms with Gasteiger partial charge in [-0.3, -0.25) is 10.1 Å². The zero-order valence-electron chi connectivity index (χ0n) is 9.17. The largest absolute Gasteiger partial charge is 0.497 e. The molecule has 0 aromatic heterocycles. The van der Waals surface area contributed by atoms with Crippen molar-refractivity contribution >= 4 is 11.8 Å². The summed E-state index contributed by atoms with van der Waals surface area (Å²) in [7, 11) is 1.60. The molecule has 0 heterocycles. The number of benzene rings is 1. The third-order valence-electron chi connectivity index (χ3n) is 1.99. The summed E-state index contributed by atoms with van der Waals surface area (Å²) in [5.74, 6) is 0.776. The number of nitrogens with zero attached hydrogens (tertiary/aromatic N) is 1. The molecule has 86 valence electrons. The Morgan fingerprint density at radius 1 is 1.50 bits per heavy atom. The highest BCUT2D eigenvalue weighted by atomic mass is 32.2. The zero-order chi connectivity index (χ0) is 12.0. The molecule has 0 radical (unpaired) electrons. The van der Waals surface area contributed by atoms with Crippen molar-refractivity contribution in [2.24, 2.45) is 0 Å². The number of hydrogen-bond donors (Lipinski definition) is 0. The molecule has 0 saturated heterocycles. The summed E-state index contributed by atoms with van der Waals surface area (Å²) < 4.78 is 5.02. The van der Waals surface area contributed by atoms with Crippen LogP contribution in [0.25, 0.3) is 0 Å². The monoisotopic (exact) mass is 239 g/mol. The molecule has 0 unspecified atom stereocenters. The second kappa shape index (κ2) is 6.17. The maximum Gasteiger partial charge on any atom is 0.252 e. The number of rotatable bonds is 5. The van der Waals surface area contributed by atoms with Crippen LogP contribution in [0, 0.1) is 10.1 Å². The first-order chi connectivity index (χ1) is 7.67. The lowest BCUT2D eigenvalue weighted by atomic mass is 10.3. The molecule has 0 aliphatic carbocycles. The third kappa shape index (κ3) is 3.58. The molecule has 0 aliphatic rings. The second-order valence-corrected chi connectivity index (χ2v) is 3.96. The molecule has 0 fully saturated rings. The van der Waals surface area contributed by atoms with E-state index >= 15 is 0 Å². The van der Waals surface area contributed by atoms with E-state index in [9.17, 15) is 10.1 Å². The summed E-state index contributed by atoms with van der Waals surface area (Å²) in [6.45, 7) is 1.77. The molecule has 1 aromatic rings. The van der Waals surface area contributed by atoms with Gasteiger partial charge in [0.05, 0.1) is 12.0 Å². The van der Waals surface area contributed by atoms with Crippen molar-refractivity contribution in [2.45, 2.75) is 18.2 Å². The summed E-state index contributed by atoms with van der Waals surface area (Å²) in [6, 6.07) is 7.39. The standard InChI is InChI=1S/C11H13NO3S/c1-3-9(12(13)14)8-16-11-6-4-10(15-2)5-7-11/h4-8H,3H2,1-2H3. The van der Waals surface area contributed by atoms with E-state index < -0.39 is 0 Å². The molecule has 16 heavy (non-hydrogen) atoms.